The molecule has 6 N–H and O–H groups in total. The van der Waals surface area contributed by atoms with Gasteiger partial charge < -0.3 is 30.6 Å². The summed E-state index contributed by atoms with van der Waals surface area (Å²) in [5, 5.41) is 8.79. The van der Waals surface area contributed by atoms with Gasteiger partial charge >= 0.3 is 7.82 Å². The second kappa shape index (κ2) is 12.5. The first-order valence-corrected chi connectivity index (χ1v) is 7.50. The minimum absolute atomic E-state index is 0.958. The molecule has 3 rings (SSSR count). The van der Waals surface area contributed by atoms with E-state index in [1.54, 1.807) is 19.0 Å². The van der Waals surface area contributed by atoms with Crippen LogP contribution in [0.5, 0.6) is 0 Å². The average Bonchev–Trinajstić information content (AvgIpc) is 3.17. The van der Waals surface area contributed by atoms with E-state index in [1.807, 2.05) is 0 Å². The van der Waals surface area contributed by atoms with Gasteiger partial charge in [-0.05, 0) is 0 Å². The largest absolute Gasteiger partial charge is 0.466 e. The molecule has 3 heterocycles. The number of phosphoric acid groups is 1. The van der Waals surface area contributed by atoms with E-state index in [1.165, 1.54) is 0 Å². The summed E-state index contributed by atoms with van der Waals surface area (Å²) >= 11 is 0. The average molecular weight is 308 g/mol. The monoisotopic (exact) mass is 308 g/mol. The fourth-order valence-corrected chi connectivity index (χ4v) is 0.968. The smallest absolute Gasteiger partial charge is 0.375 e. The minimum atomic E-state index is -4.64. The van der Waals surface area contributed by atoms with E-state index in [2.05, 4.69) is 30.9 Å². The van der Waals surface area contributed by atoms with E-state index < -0.39 is 7.82 Å². The highest BCUT2D eigenvalue weighted by Crippen LogP contribution is 2.25. The lowest BCUT2D eigenvalue weighted by Crippen LogP contribution is -2.04. The summed E-state index contributed by atoms with van der Waals surface area (Å²) in [5.41, 5.74) is 0. The van der Waals surface area contributed by atoms with E-state index in [0.717, 1.165) is 39.3 Å². The molecule has 0 aromatic rings. The summed E-state index contributed by atoms with van der Waals surface area (Å²) in [7, 11) is -4.64. The third-order valence-corrected chi connectivity index (χ3v) is 1.70. The minimum Gasteiger partial charge on any atom is -0.375 e. The van der Waals surface area contributed by atoms with Crippen molar-refractivity contribution in [3.63, 3.8) is 0 Å². The van der Waals surface area contributed by atoms with Gasteiger partial charge in [0.2, 0.25) is 0 Å². The van der Waals surface area contributed by atoms with Crippen LogP contribution in [-0.4, -0.2) is 73.0 Å². The van der Waals surface area contributed by atoms with Gasteiger partial charge in [0, 0.05) is 19.6 Å². The van der Waals surface area contributed by atoms with E-state index in [4.69, 9.17) is 19.2 Å². The number of aliphatic imine (C=N–C) groups is 3. The highest BCUT2D eigenvalue weighted by molar-refractivity contribution is 7.45. The van der Waals surface area contributed by atoms with Gasteiger partial charge in [-0.2, -0.15) is 0 Å². The van der Waals surface area contributed by atoms with E-state index in [9.17, 15) is 0 Å². The summed E-state index contributed by atoms with van der Waals surface area (Å²) in [6, 6.07) is 0. The van der Waals surface area contributed by atoms with Crippen LogP contribution in [0, 0.1) is 0 Å². The fourth-order valence-electron chi connectivity index (χ4n) is 0.968. The molecule has 0 atom stereocenters. The van der Waals surface area contributed by atoms with Gasteiger partial charge in [-0.15, -0.1) is 0 Å². The molecule has 0 aromatic heterocycles. The van der Waals surface area contributed by atoms with Gasteiger partial charge in [0.1, 0.15) is 0 Å². The highest BCUT2D eigenvalue weighted by Gasteiger charge is 2.00. The van der Waals surface area contributed by atoms with Gasteiger partial charge in [0.15, 0.2) is 0 Å². The lowest BCUT2D eigenvalue weighted by Gasteiger charge is -1.82. The van der Waals surface area contributed by atoms with Crippen molar-refractivity contribution >= 4 is 26.8 Å². The van der Waals surface area contributed by atoms with E-state index in [0.29, 0.717) is 0 Å². The zero-order valence-electron chi connectivity index (χ0n) is 11.0. The third-order valence-electron chi connectivity index (χ3n) is 1.70. The predicted molar refractivity (Wildman–Crippen MR) is 78.3 cm³/mol. The molecule has 0 amide bonds. The first-order valence-electron chi connectivity index (χ1n) is 5.93. The van der Waals surface area contributed by atoms with Crippen molar-refractivity contribution in [2.45, 2.75) is 0 Å². The normalized spacial score (nSPS) is 17.4. The van der Waals surface area contributed by atoms with Crippen LogP contribution in [0.1, 0.15) is 0 Å². The SMILES string of the molecule is C1=NCCN1.C1=NCCN1.C1=NCCN1.O=P(O)(O)O. The number of nitrogens with zero attached hydrogens (tertiary/aromatic N) is 3. The standard InChI is InChI=1S/3C3H6N2.H3O4P/c3*1-2-5-3-4-1;1-5(2,3)4/h3*3H,1-2H2,(H,4,5);(H3,1,2,3,4). The van der Waals surface area contributed by atoms with Gasteiger partial charge in [-0.1, -0.05) is 0 Å². The molecule has 0 saturated carbocycles. The van der Waals surface area contributed by atoms with Crippen molar-refractivity contribution in [1.82, 2.24) is 16.0 Å². The molecule has 0 bridgehead atoms. The van der Waals surface area contributed by atoms with Crippen LogP contribution in [0.3, 0.4) is 0 Å². The number of hydrogen-bond acceptors (Lipinski definition) is 7. The molecule has 0 aliphatic carbocycles. The zero-order valence-corrected chi connectivity index (χ0v) is 11.9. The van der Waals surface area contributed by atoms with Crippen molar-refractivity contribution in [3.05, 3.63) is 0 Å². The van der Waals surface area contributed by atoms with Crippen molar-refractivity contribution in [1.29, 1.82) is 0 Å². The molecule has 20 heavy (non-hydrogen) atoms. The highest BCUT2D eigenvalue weighted by atomic mass is 31.2. The van der Waals surface area contributed by atoms with Crippen LogP contribution >= 0.6 is 7.82 Å². The molecule has 3 aliphatic rings. The Kier molecular flexibility index (Phi) is 11.6. The topological polar surface area (TPSA) is 151 Å². The number of nitrogens with one attached hydrogen (secondary N) is 3. The van der Waals surface area contributed by atoms with E-state index >= 15 is 0 Å². The first kappa shape index (κ1) is 18.5. The second-order valence-corrected chi connectivity index (χ2v) is 4.51. The van der Waals surface area contributed by atoms with Crippen molar-refractivity contribution in [2.75, 3.05) is 39.3 Å². The van der Waals surface area contributed by atoms with Crippen molar-refractivity contribution < 1.29 is 19.2 Å². The van der Waals surface area contributed by atoms with Gasteiger partial charge in [0.25, 0.3) is 0 Å². The Balaban J connectivity index is 0.000000241. The van der Waals surface area contributed by atoms with E-state index in [-0.39, 0.29) is 0 Å². The molecular formula is C9H21N6O4P. The summed E-state index contributed by atoms with van der Waals surface area (Å²) in [6.07, 6.45) is 5.21. The Hall–Kier alpha value is -1.48. The number of rotatable bonds is 0. The zero-order chi connectivity index (χ0) is 15.1. The number of hydrogen-bond donors (Lipinski definition) is 6. The Morgan fingerprint density at radius 2 is 1.00 bits per heavy atom. The van der Waals surface area contributed by atoms with Crippen LogP contribution in [-0.2, 0) is 4.57 Å². The van der Waals surface area contributed by atoms with Crippen LogP contribution in [0.4, 0.5) is 0 Å². The van der Waals surface area contributed by atoms with Gasteiger partial charge in [-0.3, -0.25) is 15.0 Å². The summed E-state index contributed by atoms with van der Waals surface area (Å²) in [4.78, 5) is 33.1. The maximum absolute atomic E-state index is 8.88. The Bertz CT molecular complexity index is 292. The molecule has 3 aliphatic heterocycles. The fraction of sp³-hybridized carbons (Fsp3) is 0.667. The molecular weight excluding hydrogens is 287 g/mol. The van der Waals surface area contributed by atoms with Gasteiger partial charge in [-0.25, -0.2) is 4.57 Å². The lowest BCUT2D eigenvalue weighted by atomic mass is 10.7. The Morgan fingerprint density at radius 3 is 1.05 bits per heavy atom. The van der Waals surface area contributed by atoms with Crippen molar-refractivity contribution in [2.24, 2.45) is 15.0 Å². The van der Waals surface area contributed by atoms with Gasteiger partial charge in [0.05, 0.1) is 38.6 Å². The van der Waals surface area contributed by atoms with Crippen LogP contribution < -0.4 is 16.0 Å². The van der Waals surface area contributed by atoms with Crippen molar-refractivity contribution in [3.8, 4) is 0 Å². The molecule has 10 nitrogen and oxygen atoms in total. The molecule has 0 spiro atoms. The maximum Gasteiger partial charge on any atom is 0.466 e. The summed E-state index contributed by atoms with van der Waals surface area (Å²) < 4.78 is 8.88. The van der Waals surface area contributed by atoms with Crippen LogP contribution in [0.25, 0.3) is 0 Å². The summed E-state index contributed by atoms with van der Waals surface area (Å²) in [5.74, 6) is 0. The molecule has 0 saturated heterocycles. The van der Waals surface area contributed by atoms with Crippen LogP contribution in [0.2, 0.25) is 0 Å². The van der Waals surface area contributed by atoms with Crippen LogP contribution in [0.15, 0.2) is 15.0 Å². The Labute approximate surface area is 117 Å². The Morgan fingerprint density at radius 1 is 0.750 bits per heavy atom. The second-order valence-electron chi connectivity index (χ2n) is 3.48. The molecule has 0 fully saturated rings. The molecule has 0 aromatic carbocycles. The molecule has 11 heteroatoms. The lowest BCUT2D eigenvalue weighted by molar-refractivity contribution is 0.275. The molecule has 116 valence electrons. The first-order chi connectivity index (χ1) is 9.50. The summed E-state index contributed by atoms with van der Waals surface area (Å²) in [6.45, 7) is 5.96. The quantitative estimate of drug-likeness (QED) is 0.281. The molecule has 0 unspecified atom stereocenters. The molecule has 0 radical (unpaired) electrons. The third kappa shape index (κ3) is 21.8. The maximum atomic E-state index is 8.88. The predicted octanol–water partition coefficient (Wildman–Crippen LogP) is -2.07.